The smallest absolute Gasteiger partial charge is 0.312 e. The summed E-state index contributed by atoms with van der Waals surface area (Å²) in [7, 11) is -4.37. The Bertz CT molecular complexity index is 453. The van der Waals surface area contributed by atoms with Gasteiger partial charge in [0, 0.05) is 20.1 Å². The van der Waals surface area contributed by atoms with Crippen molar-refractivity contribution in [2.24, 2.45) is 5.92 Å². The number of hydrogen-bond acceptors (Lipinski definition) is 5. The van der Waals surface area contributed by atoms with E-state index >= 15 is 0 Å². The van der Waals surface area contributed by atoms with Crippen LogP contribution in [0.5, 0.6) is 0 Å². The van der Waals surface area contributed by atoms with Gasteiger partial charge in [0.2, 0.25) is 0 Å². The van der Waals surface area contributed by atoms with Crippen molar-refractivity contribution in [1.82, 2.24) is 0 Å². The van der Waals surface area contributed by atoms with E-state index in [1.807, 2.05) is 0 Å². The van der Waals surface area contributed by atoms with Crippen LogP contribution in [0.2, 0.25) is 0 Å². The zero-order valence-corrected chi connectivity index (χ0v) is 13.2. The monoisotopic (exact) mass is 312 g/mol. The molecule has 0 rings (SSSR count). The van der Waals surface area contributed by atoms with E-state index in [1.165, 1.54) is 14.2 Å². The fraction of sp³-hybridized carbons (Fsp3) is 0.818. The molecule has 1 unspecified atom stereocenters. The maximum atomic E-state index is 11.7. The molecule has 0 aliphatic rings. The minimum atomic E-state index is -4.03. The van der Waals surface area contributed by atoms with E-state index in [0.29, 0.717) is 19.3 Å². The van der Waals surface area contributed by atoms with Crippen LogP contribution in [-0.2, 0) is 23.7 Å². The van der Waals surface area contributed by atoms with Crippen LogP contribution < -0.4 is 0 Å². The molecule has 0 radical (unpaired) electrons. The molecule has 0 heterocycles. The molecule has 1 N–H and O–H groups in total. The van der Waals surface area contributed by atoms with Gasteiger partial charge in [-0.2, -0.15) is 8.42 Å². The van der Waals surface area contributed by atoms with E-state index in [-0.39, 0.29) is 11.9 Å². The third kappa shape index (κ3) is 9.20. The van der Waals surface area contributed by atoms with Gasteiger partial charge in [-0.3, -0.25) is 9.12 Å². The lowest BCUT2D eigenvalue weighted by Crippen LogP contribution is -2.14. The van der Waals surface area contributed by atoms with Gasteiger partial charge in [-0.25, -0.2) is 0 Å². The average Bonchev–Trinajstić information content (AvgIpc) is 2.32. The lowest BCUT2D eigenvalue weighted by Gasteiger charge is -2.14. The number of unbranched alkanes of at least 4 members (excludes halogenated alkanes) is 1. The number of rotatable bonds is 9. The lowest BCUT2D eigenvalue weighted by atomic mass is 10.1. The minimum Gasteiger partial charge on any atom is -0.312 e. The van der Waals surface area contributed by atoms with Gasteiger partial charge in [0.15, 0.2) is 0 Å². The zero-order chi connectivity index (χ0) is 14.9. The predicted octanol–water partition coefficient (Wildman–Crippen LogP) is 2.17. The molecule has 1 atom stereocenters. The van der Waals surface area contributed by atoms with E-state index in [1.54, 1.807) is 6.92 Å². The van der Waals surface area contributed by atoms with Gasteiger partial charge >= 0.3 is 7.60 Å². The van der Waals surface area contributed by atoms with E-state index in [0.717, 1.165) is 0 Å². The van der Waals surface area contributed by atoms with Gasteiger partial charge in [-0.1, -0.05) is 12.3 Å². The molecule has 0 spiro atoms. The fourth-order valence-corrected chi connectivity index (χ4v) is 3.49. The van der Waals surface area contributed by atoms with Crippen LogP contribution in [0.1, 0.15) is 26.2 Å². The number of hydrogen-bond donors (Lipinski definition) is 1. The Kier molecular flexibility index (Phi) is 8.55. The quantitative estimate of drug-likeness (QED) is 0.304. The van der Waals surface area contributed by atoms with E-state index < -0.39 is 23.6 Å². The molecule has 0 aromatic heterocycles. The van der Waals surface area contributed by atoms with Gasteiger partial charge in [-0.05, 0) is 19.8 Å². The van der Waals surface area contributed by atoms with Crippen molar-refractivity contribution in [3.8, 4) is 11.8 Å². The second kappa shape index (κ2) is 8.72. The van der Waals surface area contributed by atoms with Gasteiger partial charge in [0.1, 0.15) is 0 Å². The highest BCUT2D eigenvalue weighted by atomic mass is 32.2. The molecule has 0 saturated carbocycles. The van der Waals surface area contributed by atoms with Crippen LogP contribution in [0.25, 0.3) is 0 Å². The fourth-order valence-electron chi connectivity index (χ4n) is 1.61. The molecule has 0 aliphatic carbocycles. The first-order valence-electron chi connectivity index (χ1n) is 5.84. The lowest BCUT2D eigenvalue weighted by molar-refractivity contribution is 0.274. The molecular formula is C11H21O6PS. The summed E-state index contributed by atoms with van der Waals surface area (Å²) in [5.41, 5.74) is 0. The average molecular weight is 312 g/mol. The molecule has 0 aliphatic heterocycles. The Morgan fingerprint density at radius 2 is 1.84 bits per heavy atom. The highest BCUT2D eigenvalue weighted by Gasteiger charge is 2.20. The zero-order valence-electron chi connectivity index (χ0n) is 11.5. The Morgan fingerprint density at radius 3 is 2.26 bits per heavy atom. The molecule has 0 bridgehead atoms. The molecule has 0 saturated heterocycles. The Labute approximate surface area is 115 Å². The Hall–Kier alpha value is -0.380. The molecule has 6 nitrogen and oxygen atoms in total. The van der Waals surface area contributed by atoms with Crippen LogP contribution in [-0.4, -0.2) is 39.1 Å². The summed E-state index contributed by atoms with van der Waals surface area (Å²) in [4.78, 5) is 0. The van der Waals surface area contributed by atoms with Crippen LogP contribution in [0.15, 0.2) is 0 Å². The first kappa shape index (κ1) is 18.6. The second-order valence-corrected chi connectivity index (χ2v) is 7.93. The van der Waals surface area contributed by atoms with Crippen molar-refractivity contribution in [2.75, 3.05) is 26.1 Å². The third-order valence-corrected chi connectivity index (χ3v) is 5.35. The Morgan fingerprint density at radius 1 is 1.26 bits per heavy atom. The van der Waals surface area contributed by atoms with Gasteiger partial charge < -0.3 is 9.05 Å². The van der Waals surface area contributed by atoms with E-state index in [2.05, 4.69) is 11.8 Å². The van der Waals surface area contributed by atoms with Gasteiger partial charge in [0.25, 0.3) is 10.1 Å². The molecule has 0 aromatic carbocycles. The second-order valence-electron chi connectivity index (χ2n) is 4.04. The highest BCUT2D eigenvalue weighted by molar-refractivity contribution is 7.85. The minimum absolute atomic E-state index is 0.276. The van der Waals surface area contributed by atoms with E-state index in [9.17, 15) is 13.0 Å². The molecule has 112 valence electrons. The molecular weight excluding hydrogens is 291 g/mol. The molecule has 0 aromatic rings. The molecule has 0 amide bonds. The van der Waals surface area contributed by atoms with Crippen molar-refractivity contribution in [3.05, 3.63) is 0 Å². The Balaban J connectivity index is 4.21. The van der Waals surface area contributed by atoms with Crippen molar-refractivity contribution in [1.29, 1.82) is 0 Å². The van der Waals surface area contributed by atoms with Crippen molar-refractivity contribution in [2.45, 2.75) is 26.2 Å². The van der Waals surface area contributed by atoms with E-state index in [4.69, 9.17) is 13.6 Å². The SMILES string of the molecule is CC#CC(CCCCP(=O)(OC)OC)CS(=O)(=O)O. The maximum Gasteiger partial charge on any atom is 0.330 e. The van der Waals surface area contributed by atoms with Crippen LogP contribution in [0, 0.1) is 17.8 Å². The standard InChI is InChI=1S/C11H21O6PS/c1-4-7-11(10-19(13,14)15)8-5-6-9-18(12,16-2)17-3/h11H,5-6,8-10H2,1-3H3,(H,13,14,15). The summed E-state index contributed by atoms with van der Waals surface area (Å²) < 4.78 is 51.7. The summed E-state index contributed by atoms with van der Waals surface area (Å²) in [6.45, 7) is 1.61. The summed E-state index contributed by atoms with van der Waals surface area (Å²) in [6.07, 6.45) is 1.99. The maximum absolute atomic E-state index is 11.7. The van der Waals surface area contributed by atoms with Crippen molar-refractivity contribution >= 4 is 17.7 Å². The summed E-state index contributed by atoms with van der Waals surface area (Å²) in [5, 5.41) is 0. The highest BCUT2D eigenvalue weighted by Crippen LogP contribution is 2.47. The summed E-state index contributed by atoms with van der Waals surface area (Å²) in [5.74, 6) is 4.60. The predicted molar refractivity (Wildman–Crippen MR) is 73.7 cm³/mol. The molecule has 19 heavy (non-hydrogen) atoms. The van der Waals surface area contributed by atoms with Crippen LogP contribution >= 0.6 is 7.60 Å². The van der Waals surface area contributed by atoms with Crippen LogP contribution in [0.3, 0.4) is 0 Å². The topological polar surface area (TPSA) is 89.9 Å². The van der Waals surface area contributed by atoms with Gasteiger partial charge in [0.05, 0.1) is 11.9 Å². The largest absolute Gasteiger partial charge is 0.330 e. The molecule has 8 heteroatoms. The van der Waals surface area contributed by atoms with Crippen molar-refractivity contribution < 1.29 is 26.6 Å². The van der Waals surface area contributed by atoms with Crippen LogP contribution in [0.4, 0.5) is 0 Å². The normalized spacial score (nSPS) is 13.7. The first-order chi connectivity index (χ1) is 8.76. The first-order valence-corrected chi connectivity index (χ1v) is 9.18. The third-order valence-electron chi connectivity index (χ3n) is 2.55. The summed E-state index contributed by atoms with van der Waals surface area (Å²) in [6, 6.07) is 0. The summed E-state index contributed by atoms with van der Waals surface area (Å²) >= 11 is 0. The van der Waals surface area contributed by atoms with Crippen molar-refractivity contribution in [3.63, 3.8) is 0 Å². The van der Waals surface area contributed by atoms with Gasteiger partial charge in [-0.15, -0.1) is 5.92 Å². The molecule has 0 fully saturated rings.